The van der Waals surface area contributed by atoms with Gasteiger partial charge >= 0.3 is 6.03 Å². The van der Waals surface area contributed by atoms with Crippen LogP contribution < -0.4 is 4.90 Å². The van der Waals surface area contributed by atoms with Crippen LogP contribution in [0.1, 0.15) is 63.7 Å². The monoisotopic (exact) mass is 437 g/mol. The van der Waals surface area contributed by atoms with Gasteiger partial charge in [-0.05, 0) is 51.5 Å². The first-order valence-electron chi connectivity index (χ1n) is 11.3. The summed E-state index contributed by atoms with van der Waals surface area (Å²) in [4.78, 5) is 49.8. The number of urea groups is 1. The third-order valence-corrected chi connectivity index (χ3v) is 6.66. The fourth-order valence-electron chi connectivity index (χ4n) is 4.67. The predicted octanol–water partition coefficient (Wildman–Crippen LogP) is 3.80. The van der Waals surface area contributed by atoms with Crippen LogP contribution in [0.15, 0.2) is 40.7 Å². The van der Waals surface area contributed by atoms with Crippen molar-refractivity contribution in [1.82, 2.24) is 14.7 Å². The minimum atomic E-state index is -0.560. The van der Waals surface area contributed by atoms with Crippen molar-refractivity contribution in [2.75, 3.05) is 18.5 Å². The molecule has 8 nitrogen and oxygen atoms in total. The molecule has 1 aromatic carbocycles. The van der Waals surface area contributed by atoms with Gasteiger partial charge in [-0.25, -0.2) is 9.79 Å². The number of carbonyl (C=O) groups excluding carboxylic acids is 3. The molecule has 1 aromatic rings. The Kier molecular flexibility index (Phi) is 5.79. The first kappa shape index (κ1) is 22.0. The maximum absolute atomic E-state index is 13.5. The molecule has 8 heteroatoms. The summed E-state index contributed by atoms with van der Waals surface area (Å²) >= 11 is 0. The van der Waals surface area contributed by atoms with Gasteiger partial charge in [-0.3, -0.25) is 24.3 Å². The Morgan fingerprint density at radius 2 is 1.72 bits per heavy atom. The third-order valence-electron chi connectivity index (χ3n) is 6.66. The van der Waals surface area contributed by atoms with E-state index < -0.39 is 12.2 Å². The average molecular weight is 438 g/mol. The number of benzene rings is 1. The number of imide groups is 1. The topological polar surface area (TPSA) is 76.5 Å². The van der Waals surface area contributed by atoms with Crippen molar-refractivity contribution in [3.8, 4) is 0 Å². The lowest BCUT2D eigenvalue weighted by atomic mass is 10.1. The minimum absolute atomic E-state index is 0.0111. The van der Waals surface area contributed by atoms with Crippen LogP contribution in [0, 0.1) is 0 Å². The molecule has 0 bridgehead atoms. The molecule has 0 spiro atoms. The van der Waals surface area contributed by atoms with E-state index in [1.807, 2.05) is 35.8 Å². The second-order valence-electron chi connectivity index (χ2n) is 8.71. The Bertz CT molecular complexity index is 1010. The lowest BCUT2D eigenvalue weighted by Crippen LogP contribution is -2.64. The summed E-state index contributed by atoms with van der Waals surface area (Å²) in [6.45, 7) is 8.09. The van der Waals surface area contributed by atoms with Crippen LogP contribution in [-0.4, -0.2) is 64.2 Å². The molecular formula is C24H31N5O3. The summed E-state index contributed by atoms with van der Waals surface area (Å²) < 4.78 is 0. The Balaban J connectivity index is 1.64. The molecule has 0 radical (unpaired) electrons. The van der Waals surface area contributed by atoms with Crippen molar-refractivity contribution in [3.05, 3.63) is 41.2 Å². The minimum Gasteiger partial charge on any atom is -0.302 e. The summed E-state index contributed by atoms with van der Waals surface area (Å²) in [5.74, 6) is 0.470. The average Bonchev–Trinajstić information content (AvgIpc) is 3.27. The van der Waals surface area contributed by atoms with Crippen molar-refractivity contribution in [2.24, 2.45) is 4.99 Å². The van der Waals surface area contributed by atoms with Gasteiger partial charge in [-0.1, -0.05) is 26.2 Å². The molecule has 0 N–H and O–H groups in total. The van der Waals surface area contributed by atoms with Gasteiger partial charge in [-0.15, -0.1) is 0 Å². The van der Waals surface area contributed by atoms with E-state index in [1.54, 1.807) is 31.0 Å². The molecule has 0 saturated carbocycles. The summed E-state index contributed by atoms with van der Waals surface area (Å²) in [6.07, 6.45) is 3.45. The van der Waals surface area contributed by atoms with Crippen molar-refractivity contribution in [3.63, 3.8) is 0 Å². The van der Waals surface area contributed by atoms with Crippen LogP contribution in [-0.2, 0) is 4.79 Å². The van der Waals surface area contributed by atoms with Crippen LogP contribution in [0.2, 0.25) is 0 Å². The van der Waals surface area contributed by atoms with Gasteiger partial charge in [0.25, 0.3) is 5.91 Å². The number of fused-ring (bicyclic) bond motifs is 3. The molecule has 3 heterocycles. The third kappa shape index (κ3) is 3.38. The van der Waals surface area contributed by atoms with E-state index in [0.29, 0.717) is 18.1 Å². The van der Waals surface area contributed by atoms with Crippen molar-refractivity contribution in [1.29, 1.82) is 0 Å². The van der Waals surface area contributed by atoms with Gasteiger partial charge in [0.05, 0.1) is 0 Å². The quantitative estimate of drug-likeness (QED) is 0.479. The Labute approximate surface area is 189 Å². The normalized spacial score (nSPS) is 22.6. The van der Waals surface area contributed by atoms with Crippen LogP contribution in [0.3, 0.4) is 0 Å². The van der Waals surface area contributed by atoms with Gasteiger partial charge < -0.3 is 4.90 Å². The van der Waals surface area contributed by atoms with E-state index >= 15 is 0 Å². The highest BCUT2D eigenvalue weighted by atomic mass is 16.2. The number of unbranched alkanes of at least 4 members (excludes halogenated alkanes) is 3. The second kappa shape index (κ2) is 8.41. The number of Topliss-reactive ketones (excluding diaryl/α,β-unsaturated/α-hetero) is 1. The molecule has 3 amide bonds. The molecule has 4 rings (SSSR count). The maximum Gasteiger partial charge on any atom is 0.328 e. The highest BCUT2D eigenvalue weighted by Crippen LogP contribution is 2.40. The molecular weight excluding hydrogens is 406 g/mol. The fraction of sp³-hybridized carbons (Fsp3) is 0.500. The maximum atomic E-state index is 13.5. The van der Waals surface area contributed by atoms with Gasteiger partial charge in [0.15, 0.2) is 18.0 Å². The smallest absolute Gasteiger partial charge is 0.302 e. The molecule has 2 unspecified atom stereocenters. The zero-order valence-corrected chi connectivity index (χ0v) is 19.5. The Morgan fingerprint density at radius 1 is 1.03 bits per heavy atom. The van der Waals surface area contributed by atoms with Crippen LogP contribution in [0.25, 0.3) is 0 Å². The van der Waals surface area contributed by atoms with E-state index in [-0.39, 0.29) is 17.7 Å². The van der Waals surface area contributed by atoms with E-state index in [2.05, 4.69) is 6.92 Å². The molecule has 3 aliphatic rings. The molecule has 1 saturated heterocycles. The van der Waals surface area contributed by atoms with E-state index in [1.165, 1.54) is 4.90 Å². The number of nitrogens with zero attached hydrogens (tertiary/aromatic N) is 5. The van der Waals surface area contributed by atoms with Crippen molar-refractivity contribution in [2.45, 2.75) is 65.6 Å². The lowest BCUT2D eigenvalue weighted by Gasteiger charge is -2.40. The van der Waals surface area contributed by atoms with Gasteiger partial charge in [0.2, 0.25) is 5.96 Å². The Morgan fingerprint density at radius 3 is 2.34 bits per heavy atom. The number of allylic oxidation sites excluding steroid dienone is 2. The number of likely N-dealkylation sites (N-methyl/N-ethyl adjacent to an activating group) is 1. The van der Waals surface area contributed by atoms with Gasteiger partial charge in [-0.2, -0.15) is 0 Å². The van der Waals surface area contributed by atoms with E-state index in [4.69, 9.17) is 4.99 Å². The number of aliphatic imine (C=N–C) groups is 1. The van der Waals surface area contributed by atoms with Gasteiger partial charge in [0.1, 0.15) is 0 Å². The first-order valence-corrected chi connectivity index (χ1v) is 11.3. The van der Waals surface area contributed by atoms with Crippen LogP contribution >= 0.6 is 0 Å². The largest absolute Gasteiger partial charge is 0.328 e. The van der Waals surface area contributed by atoms with Crippen LogP contribution in [0.5, 0.6) is 0 Å². The molecule has 0 aromatic heterocycles. The summed E-state index contributed by atoms with van der Waals surface area (Å²) in [5.41, 5.74) is 3.42. The molecule has 0 aliphatic carbocycles. The van der Waals surface area contributed by atoms with Gasteiger partial charge in [0, 0.05) is 36.2 Å². The molecule has 32 heavy (non-hydrogen) atoms. The number of amides is 3. The lowest BCUT2D eigenvalue weighted by molar-refractivity contribution is -0.136. The number of guanidine groups is 1. The predicted molar refractivity (Wildman–Crippen MR) is 123 cm³/mol. The number of carbonyl (C=O) groups is 3. The summed E-state index contributed by atoms with van der Waals surface area (Å²) in [5, 5.41) is 0. The fourth-order valence-corrected chi connectivity index (χ4v) is 4.67. The molecule has 3 aliphatic heterocycles. The molecule has 170 valence electrons. The first-order chi connectivity index (χ1) is 15.3. The summed E-state index contributed by atoms with van der Waals surface area (Å²) in [6, 6.07) is 6.52. The number of anilines is 1. The zero-order valence-electron chi connectivity index (χ0n) is 19.5. The second-order valence-corrected chi connectivity index (χ2v) is 8.71. The molecule has 2 atom stereocenters. The molecule has 1 fully saturated rings. The van der Waals surface area contributed by atoms with E-state index in [9.17, 15) is 14.4 Å². The van der Waals surface area contributed by atoms with Crippen molar-refractivity contribution < 1.29 is 14.4 Å². The number of hydrogen-bond donors (Lipinski definition) is 0. The number of ketones is 1. The number of hydrogen-bond acceptors (Lipinski definition) is 6. The Hall–Kier alpha value is -3.16. The van der Waals surface area contributed by atoms with Crippen molar-refractivity contribution >= 4 is 29.4 Å². The highest BCUT2D eigenvalue weighted by molar-refractivity contribution is 6.10. The zero-order chi connectivity index (χ0) is 23.2. The number of rotatable bonds is 7. The van der Waals surface area contributed by atoms with E-state index in [0.717, 1.165) is 42.8 Å². The SMILES string of the molecule is CCCCCCN1C(=O)C2C(N=C3N(c4ccc(C(C)=O)cc4)C(C)=C(C)N32)N(C)C1=O. The van der Waals surface area contributed by atoms with Crippen LogP contribution in [0.4, 0.5) is 10.5 Å². The highest BCUT2D eigenvalue weighted by Gasteiger charge is 2.55. The standard InChI is InChI=1S/C24H31N5O3/c1-6-7-8-9-14-27-22(31)20-21(26(5)24(27)32)25-23-28(15(2)16(3)29(20)23)19-12-10-18(11-13-19)17(4)30/h10-13,20-21H,6-9,14H2,1-5H3. The summed E-state index contributed by atoms with van der Waals surface area (Å²) in [7, 11) is 1.72.